The lowest BCUT2D eigenvalue weighted by atomic mass is 10.2. The number of nitrogens with zero attached hydrogens (tertiary/aromatic N) is 1. The van der Waals surface area contributed by atoms with E-state index in [0.717, 1.165) is 18.4 Å². The van der Waals surface area contributed by atoms with Gasteiger partial charge in [0, 0.05) is 22.9 Å². The van der Waals surface area contributed by atoms with Gasteiger partial charge in [-0.25, -0.2) is 4.98 Å². The van der Waals surface area contributed by atoms with Gasteiger partial charge in [-0.2, -0.15) is 0 Å². The summed E-state index contributed by atoms with van der Waals surface area (Å²) in [5.74, 6) is 0.0330. The zero-order valence-electron chi connectivity index (χ0n) is 12.3. The minimum Gasteiger partial charge on any atom is -0.352 e. The van der Waals surface area contributed by atoms with Crippen LogP contribution in [0.1, 0.15) is 24.1 Å². The summed E-state index contributed by atoms with van der Waals surface area (Å²) in [6.07, 6.45) is 2.09. The van der Waals surface area contributed by atoms with Gasteiger partial charge >= 0.3 is 0 Å². The second kappa shape index (κ2) is 7.10. The third-order valence-corrected chi connectivity index (χ3v) is 4.68. The summed E-state index contributed by atoms with van der Waals surface area (Å²) >= 11 is 7.39. The van der Waals surface area contributed by atoms with Crippen LogP contribution >= 0.6 is 22.9 Å². The Kier molecular flexibility index (Phi) is 4.93. The van der Waals surface area contributed by atoms with Gasteiger partial charge in [0.05, 0.1) is 12.1 Å². The van der Waals surface area contributed by atoms with E-state index in [1.54, 1.807) is 11.4 Å². The summed E-state index contributed by atoms with van der Waals surface area (Å²) in [6.45, 7) is 0.383. The zero-order chi connectivity index (χ0) is 16.2. The highest BCUT2D eigenvalue weighted by molar-refractivity contribution is 7.13. The Balaban J connectivity index is 1.49. The summed E-state index contributed by atoms with van der Waals surface area (Å²) in [7, 11) is 0. The molecule has 0 radical (unpaired) electrons. The topological polar surface area (TPSA) is 71.1 Å². The molecule has 120 valence electrons. The normalized spacial score (nSPS) is 13.6. The van der Waals surface area contributed by atoms with Crippen LogP contribution < -0.4 is 10.6 Å². The van der Waals surface area contributed by atoms with Crippen molar-refractivity contribution in [3.8, 4) is 0 Å². The van der Waals surface area contributed by atoms with Crippen molar-refractivity contribution in [2.45, 2.75) is 25.8 Å². The average molecular weight is 350 g/mol. The first kappa shape index (κ1) is 16.0. The van der Waals surface area contributed by atoms with Gasteiger partial charge < -0.3 is 10.6 Å². The van der Waals surface area contributed by atoms with E-state index in [1.165, 1.54) is 11.3 Å². The first-order valence-corrected chi connectivity index (χ1v) is 8.63. The molecule has 2 aromatic rings. The van der Waals surface area contributed by atoms with Crippen molar-refractivity contribution in [2.75, 3.05) is 5.32 Å². The number of hydrogen-bond acceptors (Lipinski definition) is 4. The van der Waals surface area contributed by atoms with Gasteiger partial charge in [0.1, 0.15) is 0 Å². The van der Waals surface area contributed by atoms with Gasteiger partial charge in [0.15, 0.2) is 5.13 Å². The lowest BCUT2D eigenvalue weighted by molar-refractivity contribution is -0.120. The molecule has 0 unspecified atom stereocenters. The van der Waals surface area contributed by atoms with E-state index >= 15 is 0 Å². The number of benzene rings is 1. The third-order valence-electron chi connectivity index (χ3n) is 3.51. The Hall–Kier alpha value is -1.92. The maximum atomic E-state index is 12.0. The number of amides is 2. The number of rotatable bonds is 6. The molecule has 5 nitrogen and oxygen atoms in total. The molecule has 0 saturated heterocycles. The standard InChI is InChI=1S/C16H16ClN3O2S/c17-13-4-2-1-3-11(13)8-18-14(21)7-12-9-23-16(19-12)20-15(22)10-5-6-10/h1-4,9-10H,5-8H2,(H,18,21)(H,19,20,22). The smallest absolute Gasteiger partial charge is 0.229 e. The van der Waals surface area contributed by atoms with Crippen LogP contribution in [0.2, 0.25) is 5.02 Å². The maximum absolute atomic E-state index is 12.0. The molecule has 1 aliphatic carbocycles. The molecule has 1 heterocycles. The fourth-order valence-electron chi connectivity index (χ4n) is 2.06. The number of carbonyl (C=O) groups excluding carboxylic acids is 2. The van der Waals surface area contributed by atoms with E-state index in [4.69, 9.17) is 11.6 Å². The largest absolute Gasteiger partial charge is 0.352 e. The molecule has 0 atom stereocenters. The van der Waals surface area contributed by atoms with Crippen molar-refractivity contribution in [3.63, 3.8) is 0 Å². The first-order valence-electron chi connectivity index (χ1n) is 7.37. The number of halogens is 1. The third kappa shape index (κ3) is 4.53. The van der Waals surface area contributed by atoms with Crippen LogP contribution in [0.4, 0.5) is 5.13 Å². The van der Waals surface area contributed by atoms with Crippen LogP contribution in [0.25, 0.3) is 0 Å². The van der Waals surface area contributed by atoms with E-state index in [-0.39, 0.29) is 24.2 Å². The van der Waals surface area contributed by atoms with Gasteiger partial charge in [-0.05, 0) is 24.5 Å². The predicted octanol–water partition coefficient (Wildman–Crippen LogP) is 3.00. The molecule has 1 fully saturated rings. The van der Waals surface area contributed by atoms with Gasteiger partial charge in [-0.15, -0.1) is 11.3 Å². The number of carbonyl (C=O) groups is 2. The summed E-state index contributed by atoms with van der Waals surface area (Å²) in [6, 6.07) is 7.39. The quantitative estimate of drug-likeness (QED) is 0.842. The molecule has 0 aliphatic heterocycles. The number of nitrogens with one attached hydrogen (secondary N) is 2. The van der Waals surface area contributed by atoms with Crippen molar-refractivity contribution in [2.24, 2.45) is 5.92 Å². The number of hydrogen-bond donors (Lipinski definition) is 2. The minimum absolute atomic E-state index is 0.0223. The van der Waals surface area contributed by atoms with Crippen molar-refractivity contribution in [1.29, 1.82) is 0 Å². The maximum Gasteiger partial charge on any atom is 0.229 e. The van der Waals surface area contributed by atoms with Crippen molar-refractivity contribution >= 4 is 39.9 Å². The average Bonchev–Trinajstić information content (AvgIpc) is 3.29. The molecule has 0 bridgehead atoms. The molecule has 3 rings (SSSR count). The lowest BCUT2D eigenvalue weighted by Crippen LogP contribution is -2.24. The van der Waals surface area contributed by atoms with E-state index in [1.807, 2.05) is 18.2 Å². The molecule has 2 amide bonds. The lowest BCUT2D eigenvalue weighted by Gasteiger charge is -2.06. The Morgan fingerprint density at radius 1 is 1.30 bits per heavy atom. The molecule has 0 spiro atoms. The van der Waals surface area contributed by atoms with E-state index in [2.05, 4.69) is 15.6 Å². The summed E-state index contributed by atoms with van der Waals surface area (Å²) in [5.41, 5.74) is 1.52. The predicted molar refractivity (Wildman–Crippen MR) is 90.5 cm³/mol. The summed E-state index contributed by atoms with van der Waals surface area (Å²) < 4.78 is 0. The molecule has 2 N–H and O–H groups in total. The molecular weight excluding hydrogens is 334 g/mol. The van der Waals surface area contributed by atoms with Crippen LogP contribution in [-0.2, 0) is 22.6 Å². The Morgan fingerprint density at radius 3 is 2.83 bits per heavy atom. The second-order valence-electron chi connectivity index (χ2n) is 5.45. The summed E-state index contributed by atoms with van der Waals surface area (Å²) in [4.78, 5) is 27.9. The molecule has 1 aromatic heterocycles. The Morgan fingerprint density at radius 2 is 2.09 bits per heavy atom. The zero-order valence-corrected chi connectivity index (χ0v) is 13.9. The number of aromatic nitrogens is 1. The minimum atomic E-state index is -0.129. The van der Waals surface area contributed by atoms with Gasteiger partial charge in [0.2, 0.25) is 11.8 Å². The Labute approximate surface area is 143 Å². The molecular formula is C16H16ClN3O2S. The van der Waals surface area contributed by atoms with Crippen LogP contribution in [-0.4, -0.2) is 16.8 Å². The van der Waals surface area contributed by atoms with Gasteiger partial charge in [0.25, 0.3) is 0 Å². The highest BCUT2D eigenvalue weighted by atomic mass is 35.5. The van der Waals surface area contributed by atoms with E-state index in [9.17, 15) is 9.59 Å². The van der Waals surface area contributed by atoms with Crippen molar-refractivity contribution < 1.29 is 9.59 Å². The first-order chi connectivity index (χ1) is 11.1. The molecule has 23 heavy (non-hydrogen) atoms. The second-order valence-corrected chi connectivity index (χ2v) is 6.72. The fraction of sp³-hybridized carbons (Fsp3) is 0.312. The van der Waals surface area contributed by atoms with Crippen LogP contribution in [0.15, 0.2) is 29.6 Å². The van der Waals surface area contributed by atoms with E-state index in [0.29, 0.717) is 22.4 Å². The van der Waals surface area contributed by atoms with Gasteiger partial charge in [-0.3, -0.25) is 9.59 Å². The highest BCUT2D eigenvalue weighted by Gasteiger charge is 2.30. The molecule has 1 aliphatic rings. The van der Waals surface area contributed by atoms with Crippen molar-refractivity contribution in [1.82, 2.24) is 10.3 Å². The molecule has 7 heteroatoms. The van der Waals surface area contributed by atoms with E-state index < -0.39 is 0 Å². The summed E-state index contributed by atoms with van der Waals surface area (Å²) in [5, 5.41) is 8.57. The van der Waals surface area contributed by atoms with Crippen molar-refractivity contribution in [3.05, 3.63) is 45.9 Å². The SMILES string of the molecule is O=C(Cc1csc(NC(=O)C2CC2)n1)NCc1ccccc1Cl. The van der Waals surface area contributed by atoms with Crippen LogP contribution in [0.5, 0.6) is 0 Å². The number of thiazole rings is 1. The monoisotopic (exact) mass is 349 g/mol. The van der Waals surface area contributed by atoms with Crippen LogP contribution in [0, 0.1) is 5.92 Å². The fourth-order valence-corrected chi connectivity index (χ4v) is 2.98. The van der Waals surface area contributed by atoms with Gasteiger partial charge in [-0.1, -0.05) is 29.8 Å². The molecule has 1 aromatic carbocycles. The Bertz CT molecular complexity index is 728. The number of anilines is 1. The molecule has 1 saturated carbocycles. The highest BCUT2D eigenvalue weighted by Crippen LogP contribution is 2.30. The van der Waals surface area contributed by atoms with Crippen LogP contribution in [0.3, 0.4) is 0 Å².